The molecule has 14 N–H and O–H groups in total. The van der Waals surface area contributed by atoms with Crippen LogP contribution in [0.4, 0.5) is 0 Å². The summed E-state index contributed by atoms with van der Waals surface area (Å²) in [7, 11) is 0. The lowest BCUT2D eigenvalue weighted by molar-refractivity contribution is -0.397. The van der Waals surface area contributed by atoms with Crippen LogP contribution in [-0.4, -0.2) is 232 Å². The van der Waals surface area contributed by atoms with Crippen molar-refractivity contribution in [3.63, 3.8) is 0 Å². The fraction of sp³-hybridized carbons (Fsp3) is 0.961. The third kappa shape index (κ3) is 9.19. The van der Waals surface area contributed by atoms with E-state index >= 15 is 0 Å². The van der Waals surface area contributed by atoms with Crippen LogP contribution >= 0.6 is 0 Å². The zero-order valence-corrected chi connectivity index (χ0v) is 42.7. The van der Waals surface area contributed by atoms with Crippen LogP contribution in [0.3, 0.4) is 0 Å². The average Bonchev–Trinajstić information content (AvgIpc) is 3.67. The van der Waals surface area contributed by atoms with Gasteiger partial charge in [0.2, 0.25) is 5.79 Å². The Morgan fingerprint density at radius 3 is 2.09 bits per heavy atom. The predicted octanol–water partition coefficient (Wildman–Crippen LogP) is -3.05. The maximum absolute atomic E-state index is 12.1. The number of aliphatic hydroxyl groups excluding tert-OH is 13. The van der Waals surface area contributed by atoms with Crippen molar-refractivity contribution in [1.29, 1.82) is 0 Å². The number of ether oxygens (including phenoxy) is 9. The first-order valence-electron chi connectivity index (χ1n) is 27.0. The molecule has 10 aliphatic rings. The highest BCUT2D eigenvalue weighted by Crippen LogP contribution is 2.70. The minimum Gasteiger partial charge on any atom is -0.394 e. The molecule has 5 heterocycles. The van der Waals surface area contributed by atoms with E-state index in [1.165, 1.54) is 12.5 Å². The highest BCUT2D eigenvalue weighted by molar-refractivity contribution is 5.27. The first kappa shape index (κ1) is 56.1. The summed E-state index contributed by atoms with van der Waals surface area (Å²) < 4.78 is 54.5. The molecule has 17 unspecified atom stereocenters. The van der Waals surface area contributed by atoms with Crippen LogP contribution in [0.5, 0.6) is 0 Å². The second-order valence-corrected chi connectivity index (χ2v) is 24.3. The largest absolute Gasteiger partial charge is 0.394 e. The van der Waals surface area contributed by atoms with E-state index in [4.69, 9.17) is 42.6 Å². The number of hydrogen-bond acceptors (Lipinski definition) is 23. The molecule has 23 nitrogen and oxygen atoms in total. The summed E-state index contributed by atoms with van der Waals surface area (Å²) in [5.41, 5.74) is 0.996. The van der Waals surface area contributed by atoms with Gasteiger partial charge in [0.05, 0.1) is 50.2 Å². The number of rotatable bonds is 14. The molecule has 23 heteroatoms. The van der Waals surface area contributed by atoms with Gasteiger partial charge < -0.3 is 114 Å². The Labute approximate surface area is 429 Å². The van der Waals surface area contributed by atoms with Crippen LogP contribution in [-0.2, 0) is 42.6 Å². The molecule has 0 aromatic rings. The SMILES string of the molecule is CC1O[C@@H](O[C@@H]2C(CO)O[C@@H](OC3CC[C@@]4(C)C(=CC[C@H]5[C@@H]6CC7OC(O)(CC[C@@H](C)CO[C@@H]8OC(CO)[C@@H](O)C(O)C8O)[C@@H](C)[C@@H]7[C@@]6(C)CC[C@@H]54)C3)C(OC34OC(O)[C@H](O)C(O)C3C4O)C2O)C(O)C(O)[C@H]1O. The van der Waals surface area contributed by atoms with Crippen LogP contribution in [0.2, 0.25) is 0 Å². The van der Waals surface area contributed by atoms with Crippen molar-refractivity contribution in [2.45, 2.75) is 233 Å². The Hall–Kier alpha value is -1.18. The normalized spacial score (nSPS) is 57.3. The number of aliphatic hydroxyl groups is 14. The molecule has 5 aliphatic carbocycles. The van der Waals surface area contributed by atoms with Gasteiger partial charge in [0.25, 0.3) is 0 Å². The number of hydrogen-bond donors (Lipinski definition) is 14. The van der Waals surface area contributed by atoms with E-state index in [0.29, 0.717) is 43.4 Å². The van der Waals surface area contributed by atoms with Crippen molar-refractivity contribution in [3.05, 3.63) is 11.6 Å². The van der Waals surface area contributed by atoms with E-state index in [0.717, 1.165) is 32.1 Å². The summed E-state index contributed by atoms with van der Waals surface area (Å²) >= 11 is 0. The van der Waals surface area contributed by atoms with E-state index in [1.54, 1.807) is 0 Å². The molecule has 0 amide bonds. The van der Waals surface area contributed by atoms with Gasteiger partial charge in [-0.05, 0) is 98.7 Å². The third-order valence-electron chi connectivity index (χ3n) is 20.1. The monoisotopic (exact) mass is 1060 g/mol. The lowest BCUT2D eigenvalue weighted by Gasteiger charge is -2.58. The van der Waals surface area contributed by atoms with Gasteiger partial charge >= 0.3 is 0 Å². The Morgan fingerprint density at radius 2 is 1.38 bits per heavy atom. The predicted molar refractivity (Wildman–Crippen MR) is 248 cm³/mol. The summed E-state index contributed by atoms with van der Waals surface area (Å²) in [5.74, 6) is -3.69. The van der Waals surface area contributed by atoms with Gasteiger partial charge in [-0.3, -0.25) is 0 Å². The van der Waals surface area contributed by atoms with Gasteiger partial charge in [0, 0.05) is 12.3 Å². The summed E-state index contributed by atoms with van der Waals surface area (Å²) in [6.45, 7) is 9.08. The Morgan fingerprint density at radius 1 is 0.689 bits per heavy atom. The van der Waals surface area contributed by atoms with Crippen LogP contribution < -0.4 is 0 Å². The average molecular weight is 1060 g/mol. The molecule has 5 saturated heterocycles. The second-order valence-electron chi connectivity index (χ2n) is 24.3. The Bertz CT molecular complexity index is 2000. The second kappa shape index (κ2) is 20.7. The molecular formula is C51H82O23. The molecule has 5 aliphatic heterocycles. The molecule has 10 rings (SSSR count). The van der Waals surface area contributed by atoms with Crippen LogP contribution in [0.15, 0.2) is 11.6 Å². The number of fused-ring (bicyclic) bond motifs is 8. The first-order chi connectivity index (χ1) is 34.9. The molecule has 4 saturated carbocycles. The Balaban J connectivity index is 0.797. The van der Waals surface area contributed by atoms with Gasteiger partial charge in [-0.1, -0.05) is 39.3 Å². The molecule has 0 bridgehead atoms. The fourth-order valence-corrected chi connectivity index (χ4v) is 15.6. The van der Waals surface area contributed by atoms with Crippen LogP contribution in [0, 0.1) is 52.3 Å². The zero-order chi connectivity index (χ0) is 53.3. The van der Waals surface area contributed by atoms with Gasteiger partial charge in [0.15, 0.2) is 30.9 Å². The van der Waals surface area contributed by atoms with Crippen molar-refractivity contribution in [1.82, 2.24) is 0 Å². The first-order valence-corrected chi connectivity index (χ1v) is 27.0. The van der Waals surface area contributed by atoms with Gasteiger partial charge in [0.1, 0.15) is 79.4 Å². The number of allylic oxidation sites excluding steroid dienone is 1. The van der Waals surface area contributed by atoms with Gasteiger partial charge in [-0.2, -0.15) is 0 Å². The van der Waals surface area contributed by atoms with Crippen LogP contribution in [0.25, 0.3) is 0 Å². The van der Waals surface area contributed by atoms with E-state index in [1.807, 2.05) is 6.92 Å². The topological polar surface area (TPSA) is 366 Å². The smallest absolute Gasteiger partial charge is 0.206 e. The van der Waals surface area contributed by atoms with E-state index in [-0.39, 0.29) is 41.3 Å². The Kier molecular flexibility index (Phi) is 15.7. The summed E-state index contributed by atoms with van der Waals surface area (Å²) in [5, 5.41) is 149. The van der Waals surface area contributed by atoms with Crippen molar-refractivity contribution >= 4 is 0 Å². The highest BCUT2D eigenvalue weighted by atomic mass is 16.8. The van der Waals surface area contributed by atoms with E-state index in [2.05, 4.69) is 26.8 Å². The molecule has 424 valence electrons. The van der Waals surface area contributed by atoms with Crippen LogP contribution in [0.1, 0.15) is 92.4 Å². The van der Waals surface area contributed by atoms with Crippen molar-refractivity contribution in [2.75, 3.05) is 19.8 Å². The molecule has 0 radical (unpaired) electrons. The summed E-state index contributed by atoms with van der Waals surface area (Å²) in [6.07, 6.45) is -20.8. The molecular weight excluding hydrogens is 981 g/mol. The van der Waals surface area contributed by atoms with E-state index < -0.39 is 154 Å². The zero-order valence-electron chi connectivity index (χ0n) is 42.7. The summed E-state index contributed by atoms with van der Waals surface area (Å²) in [4.78, 5) is 0. The molecule has 0 aromatic heterocycles. The molecule has 0 spiro atoms. The third-order valence-corrected chi connectivity index (χ3v) is 20.1. The van der Waals surface area contributed by atoms with E-state index in [9.17, 15) is 71.5 Å². The van der Waals surface area contributed by atoms with Crippen molar-refractivity contribution in [2.24, 2.45) is 52.3 Å². The minimum atomic E-state index is -2.11. The molecule has 9 fully saturated rings. The fourth-order valence-electron chi connectivity index (χ4n) is 15.6. The standard InChI is InChI=1S/C51H82O23/c1-19(18-66-45-38(60)36(58)33(55)28(16-52)69-45)8-13-50(65)20(2)30-27(72-50)15-26-24-7-6-22-14-23(9-11-48(22,4)25(24)10-12-49(26,30)5)68-47-42(73-51-31(43(51)63)34(56)37(59)44(64)74-51)40(62)41(29(17-53)70-47)71-46-39(61)35(57)32(54)21(3)67-46/h6,19-21,23-47,52-65H,7-18H2,1-5H3/t19-,20+,21?,23?,24-,25+,26+,27?,28?,29?,30+,31?,32+,33-,34?,35?,36?,37-,38?,39?,40?,41-,42?,43?,44?,45-,46+,47-,48+,49+,50?,51?/m1/s1. The lowest BCUT2D eigenvalue weighted by Crippen LogP contribution is -2.66. The highest BCUT2D eigenvalue weighted by Gasteiger charge is 2.77. The maximum Gasteiger partial charge on any atom is 0.206 e. The van der Waals surface area contributed by atoms with Gasteiger partial charge in [-0.15, -0.1) is 0 Å². The minimum absolute atomic E-state index is 0.0745. The molecule has 0 aromatic carbocycles. The molecule has 74 heavy (non-hydrogen) atoms. The summed E-state index contributed by atoms with van der Waals surface area (Å²) in [6, 6.07) is 0. The van der Waals surface area contributed by atoms with Crippen molar-refractivity contribution < 1.29 is 114 Å². The van der Waals surface area contributed by atoms with Crippen molar-refractivity contribution in [3.8, 4) is 0 Å². The van der Waals surface area contributed by atoms with Gasteiger partial charge in [-0.25, -0.2) is 0 Å². The lowest BCUT2D eigenvalue weighted by atomic mass is 9.47. The maximum atomic E-state index is 12.1. The quantitative estimate of drug-likeness (QED) is 0.0769. The molecule has 32 atom stereocenters.